The van der Waals surface area contributed by atoms with E-state index in [-0.39, 0.29) is 12.5 Å². The number of carbonyl (C=O) groups is 1. The second-order valence-corrected chi connectivity index (χ2v) is 6.47. The predicted octanol–water partition coefficient (Wildman–Crippen LogP) is 3.99. The summed E-state index contributed by atoms with van der Waals surface area (Å²) in [4.78, 5) is 20.9. The standard InChI is InChI=1S/C22H25N5O3/c1-4-23-22-24-15(2)12-20(27-22)25-16-8-10-17(11-9-16)26-21(28)14-30-19-7-5-6-18(13-19)29-3/h5-13H,4,14H2,1-3H3,(H,26,28)(H2,23,24,25,27). The molecule has 0 unspecified atom stereocenters. The highest BCUT2D eigenvalue weighted by molar-refractivity contribution is 5.92. The molecule has 0 saturated carbocycles. The molecule has 3 N–H and O–H groups in total. The van der Waals surface area contributed by atoms with Crippen LogP contribution in [0.3, 0.4) is 0 Å². The molecule has 0 spiro atoms. The van der Waals surface area contributed by atoms with Crippen molar-refractivity contribution in [2.45, 2.75) is 13.8 Å². The first kappa shape index (κ1) is 20.9. The lowest BCUT2D eigenvalue weighted by atomic mass is 10.2. The molecule has 0 aliphatic carbocycles. The molecule has 1 heterocycles. The number of aryl methyl sites for hydroxylation is 1. The van der Waals surface area contributed by atoms with Crippen molar-refractivity contribution in [2.75, 3.05) is 36.2 Å². The molecule has 156 valence electrons. The molecular formula is C22H25N5O3. The molecule has 0 aliphatic rings. The molecule has 3 rings (SSSR count). The number of hydrogen-bond acceptors (Lipinski definition) is 7. The van der Waals surface area contributed by atoms with E-state index in [9.17, 15) is 4.79 Å². The van der Waals surface area contributed by atoms with Gasteiger partial charge in [-0.2, -0.15) is 4.98 Å². The molecule has 0 atom stereocenters. The highest BCUT2D eigenvalue weighted by atomic mass is 16.5. The first-order valence-corrected chi connectivity index (χ1v) is 9.59. The van der Waals surface area contributed by atoms with Crippen molar-refractivity contribution in [1.82, 2.24) is 9.97 Å². The van der Waals surface area contributed by atoms with Crippen molar-refractivity contribution < 1.29 is 14.3 Å². The maximum Gasteiger partial charge on any atom is 0.262 e. The van der Waals surface area contributed by atoms with Crippen molar-refractivity contribution in [2.24, 2.45) is 0 Å². The van der Waals surface area contributed by atoms with Gasteiger partial charge in [0.2, 0.25) is 5.95 Å². The van der Waals surface area contributed by atoms with Gasteiger partial charge in [-0.05, 0) is 50.2 Å². The lowest BCUT2D eigenvalue weighted by Crippen LogP contribution is -2.20. The maximum atomic E-state index is 12.1. The number of ether oxygens (including phenoxy) is 2. The number of anilines is 4. The number of rotatable bonds is 9. The number of aromatic nitrogens is 2. The topological polar surface area (TPSA) is 97.4 Å². The minimum atomic E-state index is -0.250. The van der Waals surface area contributed by atoms with Crippen molar-refractivity contribution >= 4 is 29.0 Å². The summed E-state index contributed by atoms with van der Waals surface area (Å²) in [5, 5.41) is 9.16. The number of nitrogens with one attached hydrogen (secondary N) is 3. The largest absolute Gasteiger partial charge is 0.497 e. The van der Waals surface area contributed by atoms with Crippen molar-refractivity contribution in [1.29, 1.82) is 0 Å². The average molecular weight is 407 g/mol. The quantitative estimate of drug-likeness (QED) is 0.493. The zero-order chi connectivity index (χ0) is 21.3. The Morgan fingerprint density at radius 3 is 2.47 bits per heavy atom. The summed E-state index contributed by atoms with van der Waals surface area (Å²) in [7, 11) is 1.58. The van der Waals surface area contributed by atoms with Gasteiger partial charge in [-0.1, -0.05) is 6.07 Å². The second kappa shape index (κ2) is 10.1. The number of benzene rings is 2. The molecule has 0 saturated heterocycles. The fraction of sp³-hybridized carbons (Fsp3) is 0.227. The maximum absolute atomic E-state index is 12.1. The van der Waals surface area contributed by atoms with Crippen LogP contribution in [0, 0.1) is 6.92 Å². The summed E-state index contributed by atoms with van der Waals surface area (Å²) >= 11 is 0. The molecule has 0 aliphatic heterocycles. The van der Waals surface area contributed by atoms with Gasteiger partial charge in [0.25, 0.3) is 5.91 Å². The Morgan fingerprint density at radius 1 is 1.00 bits per heavy atom. The van der Waals surface area contributed by atoms with Gasteiger partial charge in [0, 0.05) is 35.7 Å². The Balaban J connectivity index is 1.54. The van der Waals surface area contributed by atoms with Gasteiger partial charge in [0.15, 0.2) is 6.61 Å². The van der Waals surface area contributed by atoms with Gasteiger partial charge in [0.05, 0.1) is 7.11 Å². The van der Waals surface area contributed by atoms with Crippen LogP contribution in [-0.4, -0.2) is 36.1 Å². The Kier molecular flexibility index (Phi) is 7.05. The fourth-order valence-electron chi connectivity index (χ4n) is 2.69. The van der Waals surface area contributed by atoms with Crippen LogP contribution in [0.5, 0.6) is 11.5 Å². The summed E-state index contributed by atoms with van der Waals surface area (Å²) in [5.41, 5.74) is 2.39. The number of methoxy groups -OCH3 is 1. The van der Waals surface area contributed by atoms with E-state index < -0.39 is 0 Å². The van der Waals surface area contributed by atoms with E-state index in [0.717, 1.165) is 17.9 Å². The van der Waals surface area contributed by atoms with Gasteiger partial charge >= 0.3 is 0 Å². The third-order valence-corrected chi connectivity index (χ3v) is 4.04. The first-order valence-electron chi connectivity index (χ1n) is 9.59. The van der Waals surface area contributed by atoms with Gasteiger partial charge in [-0.25, -0.2) is 4.98 Å². The third-order valence-electron chi connectivity index (χ3n) is 4.04. The van der Waals surface area contributed by atoms with Gasteiger partial charge in [0.1, 0.15) is 17.3 Å². The van der Waals surface area contributed by atoms with Crippen LogP contribution in [0.4, 0.5) is 23.1 Å². The molecular weight excluding hydrogens is 382 g/mol. The van der Waals surface area contributed by atoms with Gasteiger partial charge < -0.3 is 25.4 Å². The average Bonchev–Trinajstić information content (AvgIpc) is 2.74. The van der Waals surface area contributed by atoms with E-state index in [4.69, 9.17) is 9.47 Å². The summed E-state index contributed by atoms with van der Waals surface area (Å²) in [5.74, 6) is 2.27. The number of amides is 1. The Labute approximate surface area is 175 Å². The summed E-state index contributed by atoms with van der Waals surface area (Å²) in [6.07, 6.45) is 0. The van der Waals surface area contributed by atoms with E-state index in [2.05, 4.69) is 25.9 Å². The van der Waals surface area contributed by atoms with Crippen LogP contribution in [0.2, 0.25) is 0 Å². The van der Waals surface area contributed by atoms with Crippen LogP contribution in [0.15, 0.2) is 54.6 Å². The predicted molar refractivity (Wildman–Crippen MR) is 118 cm³/mol. The normalized spacial score (nSPS) is 10.2. The van der Waals surface area contributed by atoms with Crippen LogP contribution in [-0.2, 0) is 4.79 Å². The second-order valence-electron chi connectivity index (χ2n) is 6.47. The highest BCUT2D eigenvalue weighted by Gasteiger charge is 2.06. The zero-order valence-corrected chi connectivity index (χ0v) is 17.2. The molecule has 8 heteroatoms. The molecule has 30 heavy (non-hydrogen) atoms. The number of nitrogens with zero attached hydrogens (tertiary/aromatic N) is 2. The summed E-state index contributed by atoms with van der Waals surface area (Å²) < 4.78 is 10.6. The van der Waals surface area contributed by atoms with E-state index in [1.54, 1.807) is 25.3 Å². The smallest absolute Gasteiger partial charge is 0.262 e. The molecule has 3 aromatic rings. The Hall–Kier alpha value is -3.81. The number of hydrogen-bond donors (Lipinski definition) is 3. The lowest BCUT2D eigenvalue weighted by Gasteiger charge is -2.11. The highest BCUT2D eigenvalue weighted by Crippen LogP contribution is 2.20. The first-order chi connectivity index (χ1) is 14.6. The van der Waals surface area contributed by atoms with Crippen molar-refractivity contribution in [3.8, 4) is 11.5 Å². The van der Waals surface area contributed by atoms with Gasteiger partial charge in [-0.3, -0.25) is 4.79 Å². The number of carbonyl (C=O) groups excluding carboxylic acids is 1. The molecule has 8 nitrogen and oxygen atoms in total. The lowest BCUT2D eigenvalue weighted by molar-refractivity contribution is -0.118. The Bertz CT molecular complexity index is 992. The zero-order valence-electron chi connectivity index (χ0n) is 17.2. The summed E-state index contributed by atoms with van der Waals surface area (Å²) in [6.45, 7) is 4.56. The van der Waals surface area contributed by atoms with Crippen LogP contribution in [0.25, 0.3) is 0 Å². The SMILES string of the molecule is CCNc1nc(C)cc(Nc2ccc(NC(=O)COc3cccc(OC)c3)cc2)n1. The van der Waals surface area contributed by atoms with Crippen molar-refractivity contribution in [3.63, 3.8) is 0 Å². The van der Waals surface area contributed by atoms with Crippen molar-refractivity contribution in [3.05, 3.63) is 60.3 Å². The van der Waals surface area contributed by atoms with E-state index >= 15 is 0 Å². The van der Waals surface area contributed by atoms with Crippen LogP contribution < -0.4 is 25.4 Å². The third kappa shape index (κ3) is 6.10. The molecule has 0 fully saturated rings. The van der Waals surface area contributed by atoms with Gasteiger partial charge in [-0.15, -0.1) is 0 Å². The summed E-state index contributed by atoms with van der Waals surface area (Å²) in [6, 6.07) is 16.3. The monoisotopic (exact) mass is 407 g/mol. The van der Waals surface area contributed by atoms with Crippen LogP contribution >= 0.6 is 0 Å². The van der Waals surface area contributed by atoms with E-state index in [1.807, 2.05) is 50.2 Å². The minimum Gasteiger partial charge on any atom is -0.497 e. The molecule has 0 bridgehead atoms. The Morgan fingerprint density at radius 2 is 1.73 bits per heavy atom. The molecule has 1 aromatic heterocycles. The molecule has 1 amide bonds. The van der Waals surface area contributed by atoms with E-state index in [0.29, 0.717) is 29.0 Å². The minimum absolute atomic E-state index is 0.0966. The fourth-order valence-corrected chi connectivity index (χ4v) is 2.69. The van der Waals surface area contributed by atoms with E-state index in [1.165, 1.54) is 0 Å². The molecule has 2 aromatic carbocycles. The van der Waals surface area contributed by atoms with Crippen LogP contribution in [0.1, 0.15) is 12.6 Å². The molecule has 0 radical (unpaired) electrons.